The minimum absolute atomic E-state index is 0.0344. The minimum Gasteiger partial charge on any atom is -0.493 e. The lowest BCUT2D eigenvalue weighted by Crippen LogP contribution is -2.45. The zero-order valence-corrected chi connectivity index (χ0v) is 13.8. The number of hydrogen-bond acceptors (Lipinski definition) is 4. The van der Waals surface area contributed by atoms with Gasteiger partial charge >= 0.3 is 0 Å². The highest BCUT2D eigenvalue weighted by Gasteiger charge is 2.39. The molecule has 6 heteroatoms. The number of aromatic nitrogens is 3. The van der Waals surface area contributed by atoms with Gasteiger partial charge in [-0.3, -0.25) is 4.79 Å². The van der Waals surface area contributed by atoms with Crippen LogP contribution in [0.4, 0.5) is 0 Å². The molecule has 0 bridgehead atoms. The van der Waals surface area contributed by atoms with Gasteiger partial charge in [0.15, 0.2) is 0 Å². The van der Waals surface area contributed by atoms with E-state index in [-0.39, 0.29) is 5.91 Å². The lowest BCUT2D eigenvalue weighted by atomic mass is 9.77. The lowest BCUT2D eigenvalue weighted by Gasteiger charge is -2.34. The largest absolute Gasteiger partial charge is 0.493 e. The molecule has 1 aromatic carbocycles. The number of carbonyl (C=O) groups excluding carboxylic acids is 1. The molecule has 0 radical (unpaired) electrons. The maximum absolute atomic E-state index is 12.8. The number of amides is 1. The number of nitrogens with zero attached hydrogens (tertiary/aromatic N) is 3. The third kappa shape index (κ3) is 2.81. The van der Waals surface area contributed by atoms with Crippen molar-refractivity contribution in [3.05, 3.63) is 41.5 Å². The van der Waals surface area contributed by atoms with Crippen molar-refractivity contribution in [3.8, 4) is 5.75 Å². The molecule has 1 aliphatic rings. The summed E-state index contributed by atoms with van der Waals surface area (Å²) in [7, 11) is 1.93. The number of rotatable bonds is 4. The molecule has 1 aromatic heterocycles. The summed E-state index contributed by atoms with van der Waals surface area (Å²) in [5.74, 6) is 2.59. The number of ether oxygens (including phenoxy) is 1. The number of aryl methyl sites for hydroxylation is 1. The van der Waals surface area contributed by atoms with E-state index in [1.165, 1.54) is 0 Å². The fraction of sp³-hybridized carbons (Fsp3) is 0.471. The minimum atomic E-state index is -0.551. The molecule has 1 unspecified atom stereocenters. The van der Waals surface area contributed by atoms with Crippen molar-refractivity contribution in [1.29, 1.82) is 0 Å². The molecule has 1 N–H and O–H groups in total. The van der Waals surface area contributed by atoms with Gasteiger partial charge in [-0.1, -0.05) is 18.2 Å². The fourth-order valence-electron chi connectivity index (χ4n) is 2.94. The Hall–Kier alpha value is -2.37. The Kier molecular flexibility index (Phi) is 4.07. The summed E-state index contributed by atoms with van der Waals surface area (Å²) in [6.07, 6.45) is 1.34. The molecular formula is C17H22N4O2. The van der Waals surface area contributed by atoms with Gasteiger partial charge in [0.05, 0.1) is 12.0 Å². The average Bonchev–Trinajstić information content (AvgIpc) is 2.87. The Balaban J connectivity index is 1.68. The van der Waals surface area contributed by atoms with Gasteiger partial charge in [-0.05, 0) is 26.3 Å². The number of hydrogen-bond donors (Lipinski definition) is 1. The summed E-state index contributed by atoms with van der Waals surface area (Å²) >= 11 is 0. The number of carbonyl (C=O) groups is 1. The molecule has 1 aliphatic heterocycles. The van der Waals surface area contributed by atoms with E-state index < -0.39 is 5.41 Å². The zero-order valence-electron chi connectivity index (χ0n) is 13.8. The van der Waals surface area contributed by atoms with Gasteiger partial charge in [-0.25, -0.2) is 0 Å². The van der Waals surface area contributed by atoms with Crippen molar-refractivity contribution >= 4 is 5.91 Å². The lowest BCUT2D eigenvalue weighted by molar-refractivity contribution is -0.127. The first-order valence-electron chi connectivity index (χ1n) is 7.88. The predicted octanol–water partition coefficient (Wildman–Crippen LogP) is 1.52. The number of fused-ring (bicyclic) bond motifs is 1. The Morgan fingerprint density at radius 2 is 2.17 bits per heavy atom. The third-order valence-electron chi connectivity index (χ3n) is 4.66. The quantitative estimate of drug-likeness (QED) is 0.929. The normalized spacial score (nSPS) is 19.8. The van der Waals surface area contributed by atoms with Gasteiger partial charge < -0.3 is 14.6 Å². The Labute approximate surface area is 135 Å². The highest BCUT2D eigenvalue weighted by atomic mass is 16.5. The molecule has 0 saturated heterocycles. The summed E-state index contributed by atoms with van der Waals surface area (Å²) in [6.45, 7) is 5.00. The van der Waals surface area contributed by atoms with Crippen molar-refractivity contribution in [2.45, 2.75) is 32.1 Å². The van der Waals surface area contributed by atoms with E-state index in [4.69, 9.17) is 4.74 Å². The van der Waals surface area contributed by atoms with Gasteiger partial charge in [0.1, 0.15) is 17.4 Å². The maximum Gasteiger partial charge on any atom is 0.230 e. The molecular weight excluding hydrogens is 292 g/mol. The molecule has 2 aromatic rings. The van der Waals surface area contributed by atoms with Crippen molar-refractivity contribution in [1.82, 2.24) is 20.1 Å². The molecule has 122 valence electrons. The van der Waals surface area contributed by atoms with Crippen molar-refractivity contribution in [3.63, 3.8) is 0 Å². The highest BCUT2D eigenvalue weighted by Crippen LogP contribution is 2.38. The Bertz CT molecular complexity index is 725. The summed E-state index contributed by atoms with van der Waals surface area (Å²) in [4.78, 5) is 12.8. The second kappa shape index (κ2) is 6.02. The van der Waals surface area contributed by atoms with Crippen LogP contribution in [-0.2, 0) is 23.7 Å². The summed E-state index contributed by atoms with van der Waals surface area (Å²) in [5, 5.41) is 11.2. The van der Waals surface area contributed by atoms with Crippen LogP contribution in [0.2, 0.25) is 0 Å². The van der Waals surface area contributed by atoms with Crippen LogP contribution in [0.1, 0.15) is 30.6 Å². The van der Waals surface area contributed by atoms with Crippen LogP contribution in [-0.4, -0.2) is 33.8 Å². The van der Waals surface area contributed by atoms with E-state index in [0.29, 0.717) is 26.0 Å². The molecule has 3 rings (SSSR count). The molecule has 0 fully saturated rings. The second-order valence-corrected chi connectivity index (χ2v) is 6.16. The van der Waals surface area contributed by atoms with Crippen LogP contribution in [0.3, 0.4) is 0 Å². The van der Waals surface area contributed by atoms with Crippen molar-refractivity contribution in [2.75, 3.05) is 13.2 Å². The van der Waals surface area contributed by atoms with Crippen LogP contribution in [0, 0.1) is 6.92 Å². The van der Waals surface area contributed by atoms with Gasteiger partial charge in [0.2, 0.25) is 5.91 Å². The van der Waals surface area contributed by atoms with Gasteiger partial charge in [0, 0.05) is 25.6 Å². The number of nitrogens with one attached hydrogen (secondary N) is 1. The van der Waals surface area contributed by atoms with Crippen molar-refractivity contribution in [2.24, 2.45) is 7.05 Å². The predicted molar refractivity (Wildman–Crippen MR) is 86.4 cm³/mol. The molecule has 0 saturated carbocycles. The van der Waals surface area contributed by atoms with E-state index in [0.717, 1.165) is 23.0 Å². The van der Waals surface area contributed by atoms with Crippen LogP contribution in [0.25, 0.3) is 0 Å². The molecule has 6 nitrogen and oxygen atoms in total. The first kappa shape index (κ1) is 15.5. The summed E-state index contributed by atoms with van der Waals surface area (Å²) in [6, 6.07) is 7.77. The van der Waals surface area contributed by atoms with Gasteiger partial charge in [-0.15, -0.1) is 10.2 Å². The second-order valence-electron chi connectivity index (χ2n) is 6.16. The average molecular weight is 314 g/mol. The molecule has 0 spiro atoms. The van der Waals surface area contributed by atoms with Crippen molar-refractivity contribution < 1.29 is 9.53 Å². The molecule has 2 heterocycles. The zero-order chi connectivity index (χ0) is 16.4. The van der Waals surface area contributed by atoms with Gasteiger partial charge in [-0.2, -0.15) is 0 Å². The van der Waals surface area contributed by atoms with Crippen LogP contribution >= 0.6 is 0 Å². The van der Waals surface area contributed by atoms with E-state index in [1.807, 2.05) is 49.7 Å². The van der Waals surface area contributed by atoms with E-state index in [1.54, 1.807) is 0 Å². The summed E-state index contributed by atoms with van der Waals surface area (Å²) < 4.78 is 7.60. The molecule has 1 atom stereocenters. The van der Waals surface area contributed by atoms with Crippen LogP contribution in [0.15, 0.2) is 24.3 Å². The Morgan fingerprint density at radius 1 is 1.39 bits per heavy atom. The highest BCUT2D eigenvalue weighted by molar-refractivity contribution is 5.88. The van der Waals surface area contributed by atoms with E-state index >= 15 is 0 Å². The first-order valence-corrected chi connectivity index (χ1v) is 7.88. The summed E-state index contributed by atoms with van der Waals surface area (Å²) in [5.41, 5.74) is 0.406. The van der Waals surface area contributed by atoms with Crippen LogP contribution in [0.5, 0.6) is 5.75 Å². The molecule has 23 heavy (non-hydrogen) atoms. The van der Waals surface area contributed by atoms with E-state index in [2.05, 4.69) is 15.5 Å². The van der Waals surface area contributed by atoms with Crippen LogP contribution < -0.4 is 10.1 Å². The fourth-order valence-corrected chi connectivity index (χ4v) is 2.94. The number of benzene rings is 1. The first-order chi connectivity index (χ1) is 11.0. The maximum atomic E-state index is 12.8. The standard InChI is InChI=1S/C17H22N4O2/c1-12-19-20-15(21(12)3)8-10-18-16(22)17(2)9-11-23-14-7-5-4-6-13(14)17/h4-7H,8-11H2,1-3H3,(H,18,22). The third-order valence-corrected chi connectivity index (χ3v) is 4.66. The van der Waals surface area contributed by atoms with Gasteiger partial charge in [0.25, 0.3) is 0 Å². The van der Waals surface area contributed by atoms with E-state index in [9.17, 15) is 4.79 Å². The SMILES string of the molecule is Cc1nnc(CCNC(=O)C2(C)CCOc3ccccc32)n1C. The monoisotopic (exact) mass is 314 g/mol. The topological polar surface area (TPSA) is 69.0 Å². The number of para-hydroxylation sites is 1. The molecule has 1 amide bonds. The molecule has 0 aliphatic carbocycles. The Morgan fingerprint density at radius 3 is 2.91 bits per heavy atom. The smallest absolute Gasteiger partial charge is 0.230 e.